The third kappa shape index (κ3) is 0.518. The largest absolute Gasteiger partial charge is 0.326 e. The van der Waals surface area contributed by atoms with Crippen LogP contribution in [0.4, 0.5) is 0 Å². The van der Waals surface area contributed by atoms with E-state index in [0.29, 0.717) is 0 Å². The van der Waals surface area contributed by atoms with Crippen LogP contribution < -0.4 is 10.9 Å². The number of rotatable bonds is 0. The van der Waals surface area contributed by atoms with Gasteiger partial charge in [0.1, 0.15) is 0 Å². The molecule has 1 rings (SSSR count). The summed E-state index contributed by atoms with van der Waals surface area (Å²) in [7, 11) is 0. The second-order valence-corrected chi connectivity index (χ2v) is 1.24. The van der Waals surface area contributed by atoms with E-state index in [4.69, 9.17) is 0 Å². The molecule has 6 heavy (non-hydrogen) atoms. The maximum atomic E-state index is 3.62. The Bertz CT molecular complexity index is 75.6. The van der Waals surface area contributed by atoms with Crippen molar-refractivity contribution in [1.29, 1.82) is 0 Å². The fraction of sp³-hybridized carbons (Fsp3) is 0.250. The lowest BCUT2D eigenvalue weighted by Crippen LogP contribution is -2.22. The molecule has 0 aliphatic carbocycles. The highest BCUT2D eigenvalue weighted by molar-refractivity contribution is 5.06. The predicted molar refractivity (Wildman–Crippen MR) is 24.6 cm³/mol. The fourth-order valence-corrected chi connectivity index (χ4v) is 0.390. The Kier molecular flexibility index (Phi) is 0.801. The highest BCUT2D eigenvalue weighted by Crippen LogP contribution is 1.85. The topological polar surface area (TPSA) is 24.1 Å². The zero-order valence-electron chi connectivity index (χ0n) is 3.49. The van der Waals surface area contributed by atoms with Crippen LogP contribution in [0, 0.1) is 6.92 Å². The summed E-state index contributed by atoms with van der Waals surface area (Å²) < 4.78 is 0. The van der Waals surface area contributed by atoms with E-state index >= 15 is 0 Å². The number of nitrogens with one attached hydrogen (secondary N) is 2. The quantitative estimate of drug-likeness (QED) is 0.424. The summed E-state index contributed by atoms with van der Waals surface area (Å²) in [5, 5.41) is 0. The molecule has 33 valence electrons. The van der Waals surface area contributed by atoms with Gasteiger partial charge in [-0.05, 0) is 13.0 Å². The van der Waals surface area contributed by atoms with Crippen LogP contribution >= 0.6 is 0 Å². The Morgan fingerprint density at radius 3 is 2.83 bits per heavy atom. The monoisotopic (exact) mass is 83.1 g/mol. The molecular weight excluding hydrogens is 76.1 g/mol. The molecule has 1 aliphatic rings. The van der Waals surface area contributed by atoms with Crippen molar-refractivity contribution in [1.82, 2.24) is 10.9 Å². The molecule has 0 fully saturated rings. The van der Waals surface area contributed by atoms with Crippen LogP contribution in [-0.2, 0) is 0 Å². The van der Waals surface area contributed by atoms with Crippen molar-refractivity contribution in [3.05, 3.63) is 18.7 Å². The first-order chi connectivity index (χ1) is 2.89. The van der Waals surface area contributed by atoms with E-state index in [2.05, 4.69) is 17.8 Å². The molecule has 0 aromatic carbocycles. The summed E-state index contributed by atoms with van der Waals surface area (Å²) in [6, 6.07) is 0. The molecule has 0 unspecified atom stereocenters. The van der Waals surface area contributed by atoms with Crippen molar-refractivity contribution in [3.63, 3.8) is 0 Å². The Labute approximate surface area is 37.2 Å². The van der Waals surface area contributed by atoms with Gasteiger partial charge in [-0.3, -0.25) is 0 Å². The average molecular weight is 83.1 g/mol. The van der Waals surface area contributed by atoms with Gasteiger partial charge in [0.25, 0.3) is 0 Å². The van der Waals surface area contributed by atoms with Gasteiger partial charge >= 0.3 is 0 Å². The van der Waals surface area contributed by atoms with E-state index in [1.54, 1.807) is 0 Å². The smallest absolute Gasteiger partial charge is 0.0348 e. The summed E-state index contributed by atoms with van der Waals surface area (Å²) in [6.45, 7) is 4.53. The highest BCUT2D eigenvalue weighted by Gasteiger charge is 1.90. The first-order valence-corrected chi connectivity index (χ1v) is 1.90. The minimum Gasteiger partial charge on any atom is -0.326 e. The van der Waals surface area contributed by atoms with Crippen molar-refractivity contribution in [2.45, 2.75) is 0 Å². The van der Waals surface area contributed by atoms with E-state index in [0.717, 1.165) is 12.2 Å². The van der Waals surface area contributed by atoms with Crippen LogP contribution in [0.3, 0.4) is 0 Å². The molecule has 0 saturated carbocycles. The van der Waals surface area contributed by atoms with Gasteiger partial charge in [0.05, 0.1) is 0 Å². The van der Waals surface area contributed by atoms with Gasteiger partial charge in [0.2, 0.25) is 0 Å². The first-order valence-electron chi connectivity index (χ1n) is 1.90. The third-order valence-corrected chi connectivity index (χ3v) is 0.699. The van der Waals surface area contributed by atoms with E-state index in [1.807, 2.05) is 6.08 Å². The number of hydrogen-bond donors (Lipinski definition) is 2. The van der Waals surface area contributed by atoms with Crippen LogP contribution in [0.1, 0.15) is 0 Å². The fourth-order valence-electron chi connectivity index (χ4n) is 0.390. The second-order valence-electron chi connectivity index (χ2n) is 1.24. The van der Waals surface area contributed by atoms with E-state index < -0.39 is 0 Å². The Balaban J connectivity index is 2.45. The van der Waals surface area contributed by atoms with Gasteiger partial charge in [0.15, 0.2) is 0 Å². The van der Waals surface area contributed by atoms with E-state index in [9.17, 15) is 0 Å². The molecule has 2 N–H and O–H groups in total. The molecule has 1 radical (unpaired) electrons. The first kappa shape index (κ1) is 3.68. The Hall–Kier alpha value is -0.500. The lowest BCUT2D eigenvalue weighted by atomic mass is 10.5. The van der Waals surface area contributed by atoms with Crippen molar-refractivity contribution in [2.24, 2.45) is 0 Å². The molecule has 2 heteroatoms. The molecule has 1 aliphatic heterocycles. The van der Waals surface area contributed by atoms with Gasteiger partial charge in [-0.25, -0.2) is 5.43 Å². The minimum absolute atomic E-state index is 0.902. The van der Waals surface area contributed by atoms with Gasteiger partial charge in [-0.15, -0.1) is 0 Å². The lowest BCUT2D eigenvalue weighted by molar-refractivity contribution is 0.710. The standard InChI is InChI=1S/C4H7N2/c1-4-2-3-5-6-4/h2,5-6H,1,3H2. The summed E-state index contributed by atoms with van der Waals surface area (Å²) in [5.41, 5.74) is 6.65. The molecular formula is C4H7N2. The second kappa shape index (κ2) is 1.30. The van der Waals surface area contributed by atoms with Crippen molar-refractivity contribution in [2.75, 3.05) is 6.54 Å². The summed E-state index contributed by atoms with van der Waals surface area (Å²) in [4.78, 5) is 0. The van der Waals surface area contributed by atoms with Gasteiger partial charge in [-0.2, -0.15) is 0 Å². The molecule has 0 aromatic heterocycles. The molecule has 1 heterocycles. The average Bonchev–Trinajstić information content (AvgIpc) is 1.86. The zero-order chi connectivity index (χ0) is 4.41. The molecule has 0 saturated heterocycles. The molecule has 0 aromatic rings. The van der Waals surface area contributed by atoms with Crippen LogP contribution in [0.5, 0.6) is 0 Å². The van der Waals surface area contributed by atoms with Crippen molar-refractivity contribution >= 4 is 0 Å². The SMILES string of the molecule is [CH2]C1=CCNN1. The lowest BCUT2D eigenvalue weighted by Gasteiger charge is -1.91. The maximum absolute atomic E-state index is 3.62. The summed E-state index contributed by atoms with van der Waals surface area (Å²) in [5.74, 6) is 0. The summed E-state index contributed by atoms with van der Waals surface area (Å²) >= 11 is 0. The normalized spacial score (nSPS) is 19.8. The summed E-state index contributed by atoms with van der Waals surface area (Å²) in [6.07, 6.45) is 1.99. The van der Waals surface area contributed by atoms with E-state index in [1.165, 1.54) is 0 Å². The van der Waals surface area contributed by atoms with Crippen LogP contribution in [0.2, 0.25) is 0 Å². The Morgan fingerprint density at radius 1 is 1.83 bits per heavy atom. The van der Waals surface area contributed by atoms with Crippen LogP contribution in [0.25, 0.3) is 0 Å². The van der Waals surface area contributed by atoms with Crippen LogP contribution in [-0.4, -0.2) is 6.54 Å². The van der Waals surface area contributed by atoms with Crippen LogP contribution in [0.15, 0.2) is 11.8 Å². The predicted octanol–water partition coefficient (Wildman–Crippen LogP) is -0.188. The molecule has 0 spiro atoms. The molecule has 2 nitrogen and oxygen atoms in total. The number of allylic oxidation sites excluding steroid dienone is 1. The van der Waals surface area contributed by atoms with Crippen molar-refractivity contribution < 1.29 is 0 Å². The minimum atomic E-state index is 0.902. The van der Waals surface area contributed by atoms with Gasteiger partial charge < -0.3 is 5.43 Å². The van der Waals surface area contributed by atoms with Gasteiger partial charge in [0, 0.05) is 12.2 Å². The number of hydrazine groups is 1. The molecule has 0 atom stereocenters. The van der Waals surface area contributed by atoms with E-state index in [-0.39, 0.29) is 0 Å². The maximum Gasteiger partial charge on any atom is 0.0348 e. The molecule has 0 bridgehead atoms. The zero-order valence-corrected chi connectivity index (χ0v) is 3.49. The van der Waals surface area contributed by atoms with Crippen molar-refractivity contribution in [3.8, 4) is 0 Å². The highest BCUT2D eigenvalue weighted by atomic mass is 15.4. The Morgan fingerprint density at radius 2 is 2.67 bits per heavy atom. The van der Waals surface area contributed by atoms with Gasteiger partial charge in [-0.1, -0.05) is 0 Å². The third-order valence-electron chi connectivity index (χ3n) is 0.699. The molecule has 0 amide bonds. The number of hydrogen-bond acceptors (Lipinski definition) is 2.